The van der Waals surface area contributed by atoms with E-state index in [1.807, 2.05) is 0 Å². The summed E-state index contributed by atoms with van der Waals surface area (Å²) in [5, 5.41) is 0. The first-order chi connectivity index (χ1) is 3.25. The second kappa shape index (κ2) is 3.46. The molecule has 0 unspecified atom stereocenters. The van der Waals surface area contributed by atoms with Gasteiger partial charge in [-0.2, -0.15) is 16.8 Å². The van der Waals surface area contributed by atoms with Crippen LogP contribution in [-0.2, 0) is 18.3 Å². The van der Waals surface area contributed by atoms with Crippen molar-refractivity contribution in [2.75, 3.05) is 0 Å². The quantitative estimate of drug-likeness (QED) is 0.284. The standard InChI is InChI=1S/Ca.H2O6S2.2H/c;1-7(2,3)8(4,5)6;;/h;(H,1,2,3)(H,4,5,6);;. The molecule has 0 radical (unpaired) electrons. The molecule has 0 atom stereocenters. The van der Waals surface area contributed by atoms with Gasteiger partial charge < -0.3 is 0 Å². The molecule has 0 aliphatic heterocycles. The topological polar surface area (TPSA) is 109 Å². The van der Waals surface area contributed by atoms with Crippen LogP contribution in [0.4, 0.5) is 0 Å². The van der Waals surface area contributed by atoms with Gasteiger partial charge in [0.05, 0.1) is 0 Å². The molecule has 0 aromatic rings. The van der Waals surface area contributed by atoms with Gasteiger partial charge in [0.2, 0.25) is 0 Å². The Hall–Kier alpha value is 1.08. The summed E-state index contributed by atoms with van der Waals surface area (Å²) in [6, 6.07) is 0. The number of hydrogen-bond donors (Lipinski definition) is 2. The molecule has 54 valence electrons. The first-order valence-electron chi connectivity index (χ1n) is 1.20. The molecule has 0 aliphatic rings. The van der Waals surface area contributed by atoms with Gasteiger partial charge in [-0.3, -0.25) is 9.11 Å². The SMILES string of the molecule is O=S(=O)(O)S(=O)(=O)O.[CaH2]. The summed E-state index contributed by atoms with van der Waals surface area (Å²) in [6.07, 6.45) is 0. The monoisotopic (exact) mass is 204 g/mol. The van der Waals surface area contributed by atoms with Gasteiger partial charge in [-0.05, 0) is 0 Å². The molecule has 0 fully saturated rings. The Morgan fingerprint density at radius 1 is 0.778 bits per heavy atom. The van der Waals surface area contributed by atoms with E-state index in [0.29, 0.717) is 0 Å². The van der Waals surface area contributed by atoms with Crippen molar-refractivity contribution in [2.45, 2.75) is 0 Å². The zero-order valence-electron chi connectivity index (χ0n) is 3.34. The van der Waals surface area contributed by atoms with Gasteiger partial charge in [0.1, 0.15) is 0 Å². The number of hydrogen-bond acceptors (Lipinski definition) is 4. The minimum atomic E-state index is -5.31. The van der Waals surface area contributed by atoms with E-state index in [9.17, 15) is 16.8 Å². The van der Waals surface area contributed by atoms with E-state index in [0.717, 1.165) is 0 Å². The van der Waals surface area contributed by atoms with Gasteiger partial charge >= 0.3 is 56.0 Å². The summed E-state index contributed by atoms with van der Waals surface area (Å²) >= 11 is 0. The molecule has 0 rings (SSSR count). The molecule has 0 saturated carbocycles. The molecule has 2 N–H and O–H groups in total. The summed E-state index contributed by atoms with van der Waals surface area (Å²) < 4.78 is 52.5. The molecule has 0 aromatic carbocycles. The van der Waals surface area contributed by atoms with E-state index in [2.05, 4.69) is 0 Å². The molecule has 6 nitrogen and oxygen atoms in total. The average Bonchev–Trinajstić information content (AvgIpc) is 1.25. The van der Waals surface area contributed by atoms with Crippen LogP contribution in [0, 0.1) is 0 Å². The van der Waals surface area contributed by atoms with Gasteiger partial charge in [-0.1, -0.05) is 0 Å². The minimum absolute atomic E-state index is 0. The maximum atomic E-state index is 9.37. The third-order valence-corrected chi connectivity index (χ3v) is 2.40. The molecule has 9 heteroatoms. The summed E-state index contributed by atoms with van der Waals surface area (Å²) in [5.41, 5.74) is 0. The van der Waals surface area contributed by atoms with Crippen LogP contribution >= 0.6 is 0 Å². The molecular formula is H4CaO6S2. The van der Waals surface area contributed by atoms with Crippen LogP contribution < -0.4 is 0 Å². The zero-order chi connectivity index (χ0) is 7.00. The Morgan fingerprint density at radius 3 is 0.889 bits per heavy atom. The summed E-state index contributed by atoms with van der Waals surface area (Å²) in [6.45, 7) is 0. The summed E-state index contributed by atoms with van der Waals surface area (Å²) in [4.78, 5) is 0. The van der Waals surface area contributed by atoms with E-state index in [1.54, 1.807) is 0 Å². The molecular weight excluding hydrogens is 200 g/mol. The molecule has 0 aromatic heterocycles. The molecule has 9 heavy (non-hydrogen) atoms. The van der Waals surface area contributed by atoms with Crippen molar-refractivity contribution in [2.24, 2.45) is 0 Å². The third-order valence-electron chi connectivity index (χ3n) is 0.266. The average molecular weight is 204 g/mol. The molecule has 0 saturated heterocycles. The predicted molar refractivity (Wildman–Crippen MR) is 31.6 cm³/mol. The van der Waals surface area contributed by atoms with Crippen LogP contribution in [0.25, 0.3) is 0 Å². The van der Waals surface area contributed by atoms with E-state index in [4.69, 9.17) is 9.11 Å². The fourth-order valence-electron chi connectivity index (χ4n) is 0. The van der Waals surface area contributed by atoms with Crippen molar-refractivity contribution in [3.8, 4) is 0 Å². The normalized spacial score (nSPS) is 12.2. The molecule has 0 aliphatic carbocycles. The molecule has 0 bridgehead atoms. The second-order valence-corrected chi connectivity index (χ2v) is 5.09. The van der Waals surface area contributed by atoms with Crippen LogP contribution in [0.15, 0.2) is 0 Å². The first kappa shape index (κ1) is 12.7. The van der Waals surface area contributed by atoms with E-state index < -0.39 is 18.3 Å². The van der Waals surface area contributed by atoms with Crippen LogP contribution in [0.5, 0.6) is 0 Å². The summed E-state index contributed by atoms with van der Waals surface area (Å²) in [7, 11) is -10.6. The van der Waals surface area contributed by atoms with E-state index in [-0.39, 0.29) is 37.7 Å². The van der Waals surface area contributed by atoms with Gasteiger partial charge in [0.15, 0.2) is 0 Å². The van der Waals surface area contributed by atoms with Crippen molar-refractivity contribution in [1.82, 2.24) is 0 Å². The Morgan fingerprint density at radius 2 is 0.889 bits per heavy atom. The van der Waals surface area contributed by atoms with E-state index >= 15 is 0 Å². The van der Waals surface area contributed by atoms with E-state index in [1.165, 1.54) is 0 Å². The summed E-state index contributed by atoms with van der Waals surface area (Å²) in [5.74, 6) is 0. The fraction of sp³-hybridized carbons (Fsp3) is 0. The van der Waals surface area contributed by atoms with Gasteiger partial charge in [0, 0.05) is 0 Å². The zero-order valence-corrected chi connectivity index (χ0v) is 4.98. The molecule has 0 spiro atoms. The Balaban J connectivity index is 0. The fourth-order valence-corrected chi connectivity index (χ4v) is 0. The molecule has 0 heterocycles. The number of rotatable bonds is 1. The maximum absolute atomic E-state index is 9.37. The molecule has 0 amide bonds. The first-order valence-corrected chi connectivity index (χ1v) is 4.60. The Kier molecular flexibility index (Phi) is 4.90. The van der Waals surface area contributed by atoms with Gasteiger partial charge in [0.25, 0.3) is 0 Å². The van der Waals surface area contributed by atoms with Crippen LogP contribution in [0.1, 0.15) is 0 Å². The second-order valence-electron chi connectivity index (χ2n) is 0.855. The van der Waals surface area contributed by atoms with Crippen molar-refractivity contribution in [1.29, 1.82) is 0 Å². The van der Waals surface area contributed by atoms with Crippen molar-refractivity contribution < 1.29 is 25.9 Å². The van der Waals surface area contributed by atoms with Crippen LogP contribution in [0.2, 0.25) is 0 Å². The van der Waals surface area contributed by atoms with Crippen molar-refractivity contribution in [3.05, 3.63) is 0 Å². The third kappa shape index (κ3) is 4.48. The van der Waals surface area contributed by atoms with Crippen LogP contribution in [0.3, 0.4) is 0 Å². The van der Waals surface area contributed by atoms with Crippen molar-refractivity contribution in [3.63, 3.8) is 0 Å². The Labute approximate surface area is 81.1 Å². The van der Waals surface area contributed by atoms with Gasteiger partial charge in [-0.15, -0.1) is 0 Å². The van der Waals surface area contributed by atoms with Crippen molar-refractivity contribution >= 4 is 56.0 Å². The van der Waals surface area contributed by atoms with Crippen LogP contribution in [-0.4, -0.2) is 63.7 Å². The van der Waals surface area contributed by atoms with Gasteiger partial charge in [-0.25, -0.2) is 0 Å². The predicted octanol–water partition coefficient (Wildman–Crippen LogP) is -2.24. The Bertz CT molecular complexity index is 223.